The average Bonchev–Trinajstić information content (AvgIpc) is 2.88. The van der Waals surface area contributed by atoms with E-state index in [1.54, 1.807) is 19.2 Å². The van der Waals surface area contributed by atoms with Crippen LogP contribution in [0, 0.1) is 5.82 Å². The molecule has 2 rings (SSSR count). The van der Waals surface area contributed by atoms with Crippen LogP contribution in [0.3, 0.4) is 0 Å². The van der Waals surface area contributed by atoms with Crippen LogP contribution < -0.4 is 4.74 Å². The van der Waals surface area contributed by atoms with E-state index in [-0.39, 0.29) is 5.82 Å². The minimum absolute atomic E-state index is 0.0988. The van der Waals surface area contributed by atoms with Crippen LogP contribution in [0.5, 0.6) is 5.75 Å². The third kappa shape index (κ3) is 1.29. The standard InChI is InChI=1S/C10H11FO/c1-12-8-4-5-10(11)9(6-8)7-2-3-7/h4-7H,2-3H2,1H3. The van der Waals surface area contributed by atoms with Crippen molar-refractivity contribution < 1.29 is 9.13 Å². The minimum atomic E-state index is -0.0988. The normalized spacial score (nSPS) is 16.2. The second kappa shape index (κ2) is 2.77. The lowest BCUT2D eigenvalue weighted by atomic mass is 10.1. The van der Waals surface area contributed by atoms with Crippen LogP contribution in [0.1, 0.15) is 24.3 Å². The van der Waals surface area contributed by atoms with Crippen LogP contribution in [0.2, 0.25) is 0 Å². The fourth-order valence-corrected chi connectivity index (χ4v) is 1.36. The maximum absolute atomic E-state index is 13.1. The highest BCUT2D eigenvalue weighted by Gasteiger charge is 2.26. The molecule has 64 valence electrons. The molecule has 2 heteroatoms. The lowest BCUT2D eigenvalue weighted by Gasteiger charge is -2.03. The van der Waals surface area contributed by atoms with E-state index >= 15 is 0 Å². The van der Waals surface area contributed by atoms with Gasteiger partial charge in [0.1, 0.15) is 11.6 Å². The quantitative estimate of drug-likeness (QED) is 0.656. The van der Waals surface area contributed by atoms with Gasteiger partial charge in [0.05, 0.1) is 7.11 Å². The highest BCUT2D eigenvalue weighted by Crippen LogP contribution is 2.42. The van der Waals surface area contributed by atoms with Crippen molar-refractivity contribution in [2.45, 2.75) is 18.8 Å². The van der Waals surface area contributed by atoms with Gasteiger partial charge < -0.3 is 4.74 Å². The lowest BCUT2D eigenvalue weighted by Crippen LogP contribution is -1.89. The van der Waals surface area contributed by atoms with Crippen LogP contribution in [0.4, 0.5) is 4.39 Å². The Labute approximate surface area is 71.2 Å². The highest BCUT2D eigenvalue weighted by molar-refractivity contribution is 5.34. The van der Waals surface area contributed by atoms with E-state index in [0.717, 1.165) is 24.2 Å². The van der Waals surface area contributed by atoms with Gasteiger partial charge in [-0.2, -0.15) is 0 Å². The average molecular weight is 166 g/mol. The van der Waals surface area contributed by atoms with Crippen LogP contribution in [-0.2, 0) is 0 Å². The first kappa shape index (κ1) is 7.59. The van der Waals surface area contributed by atoms with Crippen molar-refractivity contribution in [2.75, 3.05) is 7.11 Å². The molecule has 1 saturated carbocycles. The highest BCUT2D eigenvalue weighted by atomic mass is 19.1. The molecule has 0 atom stereocenters. The Bertz CT molecular complexity index is 292. The molecule has 1 nitrogen and oxygen atoms in total. The van der Waals surface area contributed by atoms with Gasteiger partial charge in [-0.3, -0.25) is 0 Å². The van der Waals surface area contributed by atoms with Crippen molar-refractivity contribution in [1.29, 1.82) is 0 Å². The second-order valence-electron chi connectivity index (χ2n) is 3.16. The SMILES string of the molecule is COc1ccc(F)c(C2CC2)c1. The van der Waals surface area contributed by atoms with Gasteiger partial charge in [-0.05, 0) is 42.5 Å². The summed E-state index contributed by atoms with van der Waals surface area (Å²) >= 11 is 0. The third-order valence-corrected chi connectivity index (χ3v) is 2.22. The Morgan fingerprint density at radius 3 is 2.75 bits per heavy atom. The van der Waals surface area contributed by atoms with E-state index in [1.807, 2.05) is 0 Å². The molecular formula is C10H11FO. The molecule has 0 unspecified atom stereocenters. The van der Waals surface area contributed by atoms with E-state index in [0.29, 0.717) is 5.92 Å². The molecule has 0 aliphatic heterocycles. The molecule has 0 saturated heterocycles. The van der Waals surface area contributed by atoms with Gasteiger partial charge in [-0.25, -0.2) is 4.39 Å². The van der Waals surface area contributed by atoms with Crippen molar-refractivity contribution in [3.05, 3.63) is 29.6 Å². The molecular weight excluding hydrogens is 155 g/mol. The summed E-state index contributed by atoms with van der Waals surface area (Å²) in [4.78, 5) is 0. The van der Waals surface area contributed by atoms with Gasteiger partial charge in [-0.15, -0.1) is 0 Å². The second-order valence-corrected chi connectivity index (χ2v) is 3.16. The number of methoxy groups -OCH3 is 1. The van der Waals surface area contributed by atoms with Gasteiger partial charge >= 0.3 is 0 Å². The molecule has 0 N–H and O–H groups in total. The lowest BCUT2D eigenvalue weighted by molar-refractivity contribution is 0.412. The molecule has 1 fully saturated rings. The topological polar surface area (TPSA) is 9.23 Å². The first-order valence-electron chi connectivity index (χ1n) is 4.14. The molecule has 1 aliphatic rings. The van der Waals surface area contributed by atoms with E-state index < -0.39 is 0 Å². The van der Waals surface area contributed by atoms with Crippen molar-refractivity contribution in [2.24, 2.45) is 0 Å². The van der Waals surface area contributed by atoms with E-state index in [4.69, 9.17) is 4.74 Å². The summed E-state index contributed by atoms with van der Waals surface area (Å²) in [6, 6.07) is 4.93. The van der Waals surface area contributed by atoms with Crippen molar-refractivity contribution >= 4 is 0 Å². The summed E-state index contributed by atoms with van der Waals surface area (Å²) in [5, 5.41) is 0. The smallest absolute Gasteiger partial charge is 0.126 e. The van der Waals surface area contributed by atoms with Crippen molar-refractivity contribution in [3.8, 4) is 5.75 Å². The summed E-state index contributed by atoms with van der Waals surface area (Å²) in [5.41, 5.74) is 0.814. The van der Waals surface area contributed by atoms with Crippen molar-refractivity contribution in [1.82, 2.24) is 0 Å². The number of ether oxygens (including phenoxy) is 1. The number of halogens is 1. The summed E-state index contributed by atoms with van der Waals surface area (Å²) in [6.45, 7) is 0. The molecule has 0 aromatic heterocycles. The fraction of sp³-hybridized carbons (Fsp3) is 0.400. The number of rotatable bonds is 2. The van der Waals surface area contributed by atoms with Gasteiger partial charge in [0, 0.05) is 0 Å². The van der Waals surface area contributed by atoms with Gasteiger partial charge in [-0.1, -0.05) is 0 Å². The first-order valence-corrected chi connectivity index (χ1v) is 4.14. The zero-order valence-corrected chi connectivity index (χ0v) is 7.01. The molecule has 1 aromatic carbocycles. The van der Waals surface area contributed by atoms with Gasteiger partial charge in [0.15, 0.2) is 0 Å². The minimum Gasteiger partial charge on any atom is -0.497 e. The van der Waals surface area contributed by atoms with Crippen LogP contribution >= 0.6 is 0 Å². The summed E-state index contributed by atoms with van der Waals surface area (Å²) in [7, 11) is 1.60. The molecule has 12 heavy (non-hydrogen) atoms. The monoisotopic (exact) mass is 166 g/mol. The Hall–Kier alpha value is -1.05. The Morgan fingerprint density at radius 1 is 1.42 bits per heavy atom. The summed E-state index contributed by atoms with van der Waals surface area (Å²) < 4.78 is 18.2. The Morgan fingerprint density at radius 2 is 2.17 bits per heavy atom. The van der Waals surface area contributed by atoms with E-state index in [1.165, 1.54) is 6.07 Å². The predicted molar refractivity (Wildman–Crippen MR) is 44.9 cm³/mol. The maximum Gasteiger partial charge on any atom is 0.126 e. The van der Waals surface area contributed by atoms with Gasteiger partial charge in [0.25, 0.3) is 0 Å². The van der Waals surface area contributed by atoms with Crippen molar-refractivity contribution in [3.63, 3.8) is 0 Å². The molecule has 1 aromatic rings. The number of benzene rings is 1. The molecule has 0 spiro atoms. The summed E-state index contributed by atoms with van der Waals surface area (Å²) in [6.07, 6.45) is 2.23. The molecule has 0 heterocycles. The maximum atomic E-state index is 13.1. The molecule has 0 bridgehead atoms. The Kier molecular flexibility index (Phi) is 1.75. The van der Waals surface area contributed by atoms with Crippen LogP contribution in [0.25, 0.3) is 0 Å². The third-order valence-electron chi connectivity index (χ3n) is 2.22. The van der Waals surface area contributed by atoms with Gasteiger partial charge in [0.2, 0.25) is 0 Å². The van der Waals surface area contributed by atoms with Crippen LogP contribution in [-0.4, -0.2) is 7.11 Å². The predicted octanol–water partition coefficient (Wildman–Crippen LogP) is 2.71. The Balaban J connectivity index is 2.36. The zero-order valence-electron chi connectivity index (χ0n) is 7.01. The summed E-state index contributed by atoms with van der Waals surface area (Å²) in [5.74, 6) is 1.09. The first-order chi connectivity index (χ1) is 5.81. The van der Waals surface area contributed by atoms with E-state index in [9.17, 15) is 4.39 Å². The molecule has 0 radical (unpaired) electrons. The number of hydrogen-bond donors (Lipinski definition) is 0. The molecule has 0 amide bonds. The molecule has 1 aliphatic carbocycles. The fourth-order valence-electron chi connectivity index (χ4n) is 1.36. The van der Waals surface area contributed by atoms with Crippen LogP contribution in [0.15, 0.2) is 18.2 Å². The zero-order chi connectivity index (χ0) is 8.55. The largest absolute Gasteiger partial charge is 0.497 e. The number of hydrogen-bond acceptors (Lipinski definition) is 1. The van der Waals surface area contributed by atoms with E-state index in [2.05, 4.69) is 0 Å².